The summed E-state index contributed by atoms with van der Waals surface area (Å²) in [6, 6.07) is -0.210. The number of aliphatic carboxylic acids is 1. The average molecular weight is 286 g/mol. The van der Waals surface area contributed by atoms with Crippen molar-refractivity contribution in [2.45, 2.75) is 45.1 Å². The second kappa shape index (κ2) is 7.47. The Bertz CT molecular complexity index is 348. The predicted molar refractivity (Wildman–Crippen MR) is 75.7 cm³/mol. The number of hydrogen-bond donors (Lipinski definition) is 1. The number of amides is 2. The third-order valence-corrected chi connectivity index (χ3v) is 3.88. The Morgan fingerprint density at radius 2 is 2.10 bits per heavy atom. The number of urea groups is 1. The van der Waals surface area contributed by atoms with E-state index in [0.717, 1.165) is 12.8 Å². The highest BCUT2D eigenvalue weighted by molar-refractivity contribution is 5.87. The molecule has 1 atom stereocenters. The van der Waals surface area contributed by atoms with Crippen LogP contribution in [0, 0.1) is 0 Å². The van der Waals surface area contributed by atoms with Gasteiger partial charge in [0.2, 0.25) is 0 Å². The van der Waals surface area contributed by atoms with E-state index >= 15 is 0 Å². The van der Waals surface area contributed by atoms with E-state index in [4.69, 9.17) is 4.74 Å². The zero-order chi connectivity index (χ0) is 15.2. The summed E-state index contributed by atoms with van der Waals surface area (Å²) < 4.78 is 5.24. The summed E-state index contributed by atoms with van der Waals surface area (Å²) in [6.45, 7) is 5.93. The molecule has 6 heteroatoms. The van der Waals surface area contributed by atoms with Gasteiger partial charge in [-0.1, -0.05) is 13.3 Å². The zero-order valence-electron chi connectivity index (χ0n) is 12.7. The maximum absolute atomic E-state index is 12.5. The molecule has 116 valence electrons. The monoisotopic (exact) mass is 286 g/mol. The summed E-state index contributed by atoms with van der Waals surface area (Å²) >= 11 is 0. The van der Waals surface area contributed by atoms with Crippen LogP contribution in [-0.2, 0) is 9.53 Å². The molecule has 1 rings (SSSR count). The Balaban J connectivity index is 2.76. The lowest BCUT2D eigenvalue weighted by Crippen LogP contribution is -2.56. The molecule has 1 N–H and O–H groups in total. The van der Waals surface area contributed by atoms with Gasteiger partial charge in [0.25, 0.3) is 0 Å². The van der Waals surface area contributed by atoms with Crippen LogP contribution in [0.15, 0.2) is 0 Å². The van der Waals surface area contributed by atoms with Crippen LogP contribution in [0.3, 0.4) is 0 Å². The number of carboxylic acids is 1. The summed E-state index contributed by atoms with van der Waals surface area (Å²) in [6.07, 6.45) is 2.55. The Hall–Kier alpha value is -1.30. The second-order valence-electron chi connectivity index (χ2n) is 5.24. The Kier molecular flexibility index (Phi) is 6.26. The molecule has 0 aromatic rings. The van der Waals surface area contributed by atoms with Crippen molar-refractivity contribution in [1.82, 2.24) is 9.80 Å². The number of likely N-dealkylation sites (N-methyl/N-ethyl adjacent to an activating group) is 1. The molecule has 0 aromatic heterocycles. The number of nitrogens with zero attached hydrogens (tertiary/aromatic N) is 2. The summed E-state index contributed by atoms with van der Waals surface area (Å²) in [5.74, 6) is -0.886. The lowest BCUT2D eigenvalue weighted by atomic mass is 9.91. The quantitative estimate of drug-likeness (QED) is 0.724. The molecule has 1 unspecified atom stereocenters. The number of rotatable bonds is 7. The molecule has 1 aliphatic rings. The lowest BCUT2D eigenvalue weighted by Gasteiger charge is -2.37. The normalized spacial score (nSPS) is 22.1. The molecule has 20 heavy (non-hydrogen) atoms. The molecule has 1 fully saturated rings. The fourth-order valence-corrected chi connectivity index (χ4v) is 2.81. The van der Waals surface area contributed by atoms with Crippen molar-refractivity contribution >= 4 is 12.0 Å². The average Bonchev–Trinajstić information content (AvgIpc) is 2.83. The molecule has 0 radical (unpaired) electrons. The highest BCUT2D eigenvalue weighted by Crippen LogP contribution is 2.34. The van der Waals surface area contributed by atoms with Crippen LogP contribution in [0.2, 0.25) is 0 Å². The molecule has 1 heterocycles. The second-order valence-corrected chi connectivity index (χ2v) is 5.24. The molecule has 6 nitrogen and oxygen atoms in total. The first kappa shape index (κ1) is 16.8. The van der Waals surface area contributed by atoms with Gasteiger partial charge in [-0.25, -0.2) is 9.59 Å². The molecule has 2 amide bonds. The summed E-state index contributed by atoms with van der Waals surface area (Å²) in [4.78, 5) is 27.2. The van der Waals surface area contributed by atoms with Crippen LogP contribution in [0.25, 0.3) is 0 Å². The van der Waals surface area contributed by atoms with E-state index in [1.54, 1.807) is 11.9 Å². The van der Waals surface area contributed by atoms with Gasteiger partial charge in [0.05, 0.1) is 6.61 Å². The van der Waals surface area contributed by atoms with Gasteiger partial charge in [-0.05, 0) is 26.2 Å². The third kappa shape index (κ3) is 3.42. The number of likely N-dealkylation sites (tertiary alicyclic amines) is 1. The minimum Gasteiger partial charge on any atom is -0.479 e. The summed E-state index contributed by atoms with van der Waals surface area (Å²) in [5.41, 5.74) is -1.02. The number of carboxylic acid groups (broad SMARTS) is 1. The van der Waals surface area contributed by atoms with E-state index in [1.165, 1.54) is 4.90 Å². The van der Waals surface area contributed by atoms with E-state index in [0.29, 0.717) is 39.1 Å². The highest BCUT2D eigenvalue weighted by Gasteiger charge is 2.49. The van der Waals surface area contributed by atoms with Crippen LogP contribution in [-0.4, -0.2) is 65.8 Å². The van der Waals surface area contributed by atoms with Crippen molar-refractivity contribution in [3.05, 3.63) is 0 Å². The Labute approximate surface area is 120 Å². The highest BCUT2D eigenvalue weighted by atomic mass is 16.5. The molecule has 0 spiro atoms. The van der Waals surface area contributed by atoms with E-state index in [-0.39, 0.29) is 6.03 Å². The van der Waals surface area contributed by atoms with Crippen LogP contribution in [0.5, 0.6) is 0 Å². The van der Waals surface area contributed by atoms with Gasteiger partial charge in [-0.3, -0.25) is 0 Å². The van der Waals surface area contributed by atoms with Gasteiger partial charge in [0, 0.05) is 26.7 Å². The molecular formula is C14H26N2O4. The first-order valence-corrected chi connectivity index (χ1v) is 7.33. The first-order chi connectivity index (χ1) is 9.49. The number of ether oxygens (including phenoxy) is 1. The predicted octanol–water partition coefficient (Wildman–Crippen LogP) is 1.79. The van der Waals surface area contributed by atoms with Crippen molar-refractivity contribution in [1.29, 1.82) is 0 Å². The van der Waals surface area contributed by atoms with Gasteiger partial charge in [-0.15, -0.1) is 0 Å². The van der Waals surface area contributed by atoms with E-state index in [1.807, 2.05) is 13.8 Å². The van der Waals surface area contributed by atoms with Crippen LogP contribution >= 0.6 is 0 Å². The smallest absolute Gasteiger partial charge is 0.329 e. The number of hydrogen-bond acceptors (Lipinski definition) is 3. The van der Waals surface area contributed by atoms with Crippen molar-refractivity contribution in [3.8, 4) is 0 Å². The molecule has 0 aromatic carbocycles. The van der Waals surface area contributed by atoms with E-state index < -0.39 is 11.5 Å². The molecule has 1 saturated heterocycles. The minimum absolute atomic E-state index is 0.210. The first-order valence-electron chi connectivity index (χ1n) is 7.33. The Morgan fingerprint density at radius 3 is 2.65 bits per heavy atom. The van der Waals surface area contributed by atoms with Gasteiger partial charge in [-0.2, -0.15) is 0 Å². The van der Waals surface area contributed by atoms with Crippen LogP contribution in [0.4, 0.5) is 4.79 Å². The fourth-order valence-electron chi connectivity index (χ4n) is 2.81. The Morgan fingerprint density at radius 1 is 1.40 bits per heavy atom. The largest absolute Gasteiger partial charge is 0.479 e. The zero-order valence-corrected chi connectivity index (χ0v) is 12.7. The van der Waals surface area contributed by atoms with Crippen LogP contribution in [0.1, 0.15) is 39.5 Å². The topological polar surface area (TPSA) is 70.1 Å². The van der Waals surface area contributed by atoms with Crippen molar-refractivity contribution in [2.24, 2.45) is 0 Å². The standard InChI is InChI=1S/C14H26N2O4/c1-4-7-14(12(17)18)8-6-9-16(14)13(19)15(3)10-11-20-5-2/h4-11H2,1-3H3,(H,17,18). The molecular weight excluding hydrogens is 260 g/mol. The minimum atomic E-state index is -1.02. The molecule has 1 aliphatic heterocycles. The van der Waals surface area contributed by atoms with Gasteiger partial charge >= 0.3 is 12.0 Å². The van der Waals surface area contributed by atoms with Crippen molar-refractivity contribution in [2.75, 3.05) is 33.4 Å². The SMILES string of the molecule is CCCC1(C(=O)O)CCCN1C(=O)N(C)CCOCC. The maximum Gasteiger partial charge on any atom is 0.329 e. The number of carbonyl (C=O) groups is 2. The van der Waals surface area contributed by atoms with Gasteiger partial charge in [0.15, 0.2) is 0 Å². The number of carbonyl (C=O) groups excluding carboxylic acids is 1. The fraction of sp³-hybridized carbons (Fsp3) is 0.857. The maximum atomic E-state index is 12.5. The van der Waals surface area contributed by atoms with E-state index in [9.17, 15) is 14.7 Å². The summed E-state index contributed by atoms with van der Waals surface area (Å²) in [5, 5.41) is 9.57. The van der Waals surface area contributed by atoms with Crippen LogP contribution < -0.4 is 0 Å². The van der Waals surface area contributed by atoms with Gasteiger partial charge < -0.3 is 19.6 Å². The third-order valence-electron chi connectivity index (χ3n) is 3.88. The molecule has 0 saturated carbocycles. The van der Waals surface area contributed by atoms with Crippen molar-refractivity contribution in [3.63, 3.8) is 0 Å². The molecule has 0 bridgehead atoms. The van der Waals surface area contributed by atoms with Crippen molar-refractivity contribution < 1.29 is 19.4 Å². The lowest BCUT2D eigenvalue weighted by molar-refractivity contribution is -0.148. The summed E-state index contributed by atoms with van der Waals surface area (Å²) in [7, 11) is 1.69. The van der Waals surface area contributed by atoms with Gasteiger partial charge in [0.1, 0.15) is 5.54 Å². The molecule has 0 aliphatic carbocycles. The van der Waals surface area contributed by atoms with E-state index in [2.05, 4.69) is 0 Å².